The second kappa shape index (κ2) is 5.16. The van der Waals surface area contributed by atoms with Crippen LogP contribution in [0.2, 0.25) is 0 Å². The third-order valence-corrected chi connectivity index (χ3v) is 3.42. The van der Waals surface area contributed by atoms with Crippen molar-refractivity contribution < 1.29 is 5.11 Å². The zero-order chi connectivity index (χ0) is 13.9. The SMILES string of the molecule is N#Cc1cccc(C(O)c2ccc3ccccc3c2)c1. The largest absolute Gasteiger partial charge is 0.384 e. The molecule has 1 N–H and O–H groups in total. The fourth-order valence-corrected chi connectivity index (χ4v) is 2.35. The molecule has 0 saturated carbocycles. The summed E-state index contributed by atoms with van der Waals surface area (Å²) in [6, 6.07) is 23.1. The molecule has 0 aliphatic carbocycles. The fraction of sp³-hybridized carbons (Fsp3) is 0.0556. The van der Waals surface area contributed by atoms with E-state index in [1.165, 1.54) is 0 Å². The van der Waals surface area contributed by atoms with E-state index in [1.54, 1.807) is 18.2 Å². The smallest absolute Gasteiger partial charge is 0.104 e. The monoisotopic (exact) mass is 259 g/mol. The molecule has 20 heavy (non-hydrogen) atoms. The summed E-state index contributed by atoms with van der Waals surface area (Å²) in [7, 11) is 0. The van der Waals surface area contributed by atoms with Gasteiger partial charge in [-0.05, 0) is 40.1 Å². The molecular weight excluding hydrogens is 246 g/mol. The van der Waals surface area contributed by atoms with Gasteiger partial charge in [-0.25, -0.2) is 0 Å². The van der Waals surface area contributed by atoms with Crippen LogP contribution >= 0.6 is 0 Å². The Morgan fingerprint density at radius 3 is 2.35 bits per heavy atom. The number of aliphatic hydroxyl groups excluding tert-OH is 1. The van der Waals surface area contributed by atoms with Crippen molar-refractivity contribution in [1.29, 1.82) is 5.26 Å². The molecule has 3 rings (SSSR count). The van der Waals surface area contributed by atoms with E-state index in [0.717, 1.165) is 21.9 Å². The first kappa shape index (κ1) is 12.4. The van der Waals surface area contributed by atoms with Crippen LogP contribution in [0.4, 0.5) is 0 Å². The van der Waals surface area contributed by atoms with Gasteiger partial charge in [0.2, 0.25) is 0 Å². The molecule has 1 unspecified atom stereocenters. The molecule has 2 heteroatoms. The van der Waals surface area contributed by atoms with Gasteiger partial charge in [-0.15, -0.1) is 0 Å². The maximum absolute atomic E-state index is 10.5. The van der Waals surface area contributed by atoms with Gasteiger partial charge in [-0.2, -0.15) is 5.26 Å². The van der Waals surface area contributed by atoms with E-state index in [9.17, 15) is 5.11 Å². The van der Waals surface area contributed by atoms with E-state index in [2.05, 4.69) is 6.07 Å². The van der Waals surface area contributed by atoms with Crippen LogP contribution in [-0.4, -0.2) is 5.11 Å². The first-order chi connectivity index (χ1) is 9.78. The van der Waals surface area contributed by atoms with Crippen LogP contribution in [0, 0.1) is 11.3 Å². The van der Waals surface area contributed by atoms with Crippen LogP contribution in [0.3, 0.4) is 0 Å². The van der Waals surface area contributed by atoms with E-state index >= 15 is 0 Å². The van der Waals surface area contributed by atoms with Crippen LogP contribution in [0.5, 0.6) is 0 Å². The number of benzene rings is 3. The molecule has 0 aliphatic rings. The van der Waals surface area contributed by atoms with Gasteiger partial charge in [0.1, 0.15) is 6.10 Å². The van der Waals surface area contributed by atoms with Gasteiger partial charge in [0, 0.05) is 0 Å². The van der Waals surface area contributed by atoms with Crippen molar-refractivity contribution >= 4 is 10.8 Å². The molecule has 0 aliphatic heterocycles. The van der Waals surface area contributed by atoms with Crippen molar-refractivity contribution in [2.75, 3.05) is 0 Å². The highest BCUT2D eigenvalue weighted by molar-refractivity contribution is 5.83. The Morgan fingerprint density at radius 1 is 0.800 bits per heavy atom. The number of fused-ring (bicyclic) bond motifs is 1. The molecule has 0 radical (unpaired) electrons. The number of hydrogen-bond donors (Lipinski definition) is 1. The van der Waals surface area contributed by atoms with Crippen molar-refractivity contribution in [3.63, 3.8) is 0 Å². The number of rotatable bonds is 2. The molecule has 0 spiro atoms. The average Bonchev–Trinajstić information content (AvgIpc) is 2.53. The number of hydrogen-bond acceptors (Lipinski definition) is 2. The molecule has 0 bridgehead atoms. The Labute approximate surface area is 117 Å². The molecule has 0 amide bonds. The summed E-state index contributed by atoms with van der Waals surface area (Å²) in [6.07, 6.45) is -0.715. The van der Waals surface area contributed by atoms with Gasteiger partial charge in [0.05, 0.1) is 11.6 Å². The van der Waals surface area contributed by atoms with Gasteiger partial charge < -0.3 is 5.11 Å². The average molecular weight is 259 g/mol. The van der Waals surface area contributed by atoms with E-state index in [0.29, 0.717) is 5.56 Å². The third-order valence-electron chi connectivity index (χ3n) is 3.42. The predicted molar refractivity (Wildman–Crippen MR) is 79.2 cm³/mol. The summed E-state index contributed by atoms with van der Waals surface area (Å²) in [5.74, 6) is 0. The van der Waals surface area contributed by atoms with Crippen molar-refractivity contribution in [1.82, 2.24) is 0 Å². The maximum Gasteiger partial charge on any atom is 0.104 e. The zero-order valence-electron chi connectivity index (χ0n) is 10.8. The van der Waals surface area contributed by atoms with Crippen LogP contribution in [0.15, 0.2) is 66.7 Å². The fourth-order valence-electron chi connectivity index (χ4n) is 2.35. The molecule has 96 valence electrons. The standard InChI is InChI=1S/C18H13NO/c19-12-13-4-3-7-16(10-13)18(20)17-9-8-14-5-1-2-6-15(14)11-17/h1-11,18,20H. The van der Waals surface area contributed by atoms with Crippen molar-refractivity contribution in [2.24, 2.45) is 0 Å². The lowest BCUT2D eigenvalue weighted by molar-refractivity contribution is 0.220. The van der Waals surface area contributed by atoms with Crippen LogP contribution in [-0.2, 0) is 0 Å². The highest BCUT2D eigenvalue weighted by atomic mass is 16.3. The summed E-state index contributed by atoms with van der Waals surface area (Å²) in [6.45, 7) is 0. The number of aliphatic hydroxyl groups is 1. The Balaban J connectivity index is 2.03. The molecule has 0 saturated heterocycles. The third kappa shape index (κ3) is 2.27. The van der Waals surface area contributed by atoms with E-state index in [4.69, 9.17) is 5.26 Å². The van der Waals surface area contributed by atoms with E-state index < -0.39 is 6.10 Å². The van der Waals surface area contributed by atoms with Crippen LogP contribution < -0.4 is 0 Å². The van der Waals surface area contributed by atoms with Crippen LogP contribution in [0.1, 0.15) is 22.8 Å². The minimum absolute atomic E-state index is 0.558. The summed E-state index contributed by atoms with van der Waals surface area (Å²) in [4.78, 5) is 0. The van der Waals surface area contributed by atoms with Gasteiger partial charge >= 0.3 is 0 Å². The molecule has 0 aromatic heterocycles. The highest BCUT2D eigenvalue weighted by Gasteiger charge is 2.11. The predicted octanol–water partition coefficient (Wildman–Crippen LogP) is 3.79. The highest BCUT2D eigenvalue weighted by Crippen LogP contribution is 2.25. The van der Waals surface area contributed by atoms with Gasteiger partial charge in [-0.1, -0.05) is 48.5 Å². The Bertz CT molecular complexity index is 802. The lowest BCUT2D eigenvalue weighted by atomic mass is 9.97. The molecule has 3 aromatic rings. The summed E-state index contributed by atoms with van der Waals surface area (Å²) in [5, 5.41) is 21.6. The van der Waals surface area contributed by atoms with E-state index in [-0.39, 0.29) is 0 Å². The molecule has 0 heterocycles. The molecular formula is C18H13NO. The quantitative estimate of drug-likeness (QED) is 0.760. The Morgan fingerprint density at radius 2 is 1.55 bits per heavy atom. The van der Waals surface area contributed by atoms with Gasteiger partial charge in [-0.3, -0.25) is 0 Å². The van der Waals surface area contributed by atoms with Crippen LogP contribution in [0.25, 0.3) is 10.8 Å². The Hall–Kier alpha value is -2.63. The second-order valence-electron chi connectivity index (χ2n) is 4.75. The summed E-state index contributed by atoms with van der Waals surface area (Å²) < 4.78 is 0. The van der Waals surface area contributed by atoms with Gasteiger partial charge in [0.25, 0.3) is 0 Å². The molecule has 1 atom stereocenters. The minimum atomic E-state index is -0.715. The zero-order valence-corrected chi connectivity index (χ0v) is 10.8. The lowest BCUT2D eigenvalue weighted by Crippen LogP contribution is -1.99. The lowest BCUT2D eigenvalue weighted by Gasteiger charge is -2.12. The van der Waals surface area contributed by atoms with E-state index in [1.807, 2.05) is 48.5 Å². The maximum atomic E-state index is 10.5. The summed E-state index contributed by atoms with van der Waals surface area (Å²) in [5.41, 5.74) is 2.13. The van der Waals surface area contributed by atoms with Crippen molar-refractivity contribution in [2.45, 2.75) is 6.10 Å². The number of nitrogens with zero attached hydrogens (tertiary/aromatic N) is 1. The Kier molecular flexibility index (Phi) is 3.20. The molecule has 3 aromatic carbocycles. The van der Waals surface area contributed by atoms with Crippen molar-refractivity contribution in [3.05, 3.63) is 83.4 Å². The molecule has 0 fully saturated rings. The molecule has 2 nitrogen and oxygen atoms in total. The van der Waals surface area contributed by atoms with Gasteiger partial charge in [0.15, 0.2) is 0 Å². The van der Waals surface area contributed by atoms with Crippen molar-refractivity contribution in [3.8, 4) is 6.07 Å². The number of nitriles is 1. The minimum Gasteiger partial charge on any atom is -0.384 e. The summed E-state index contributed by atoms with van der Waals surface area (Å²) >= 11 is 0. The normalized spacial score (nSPS) is 12.0. The first-order valence-corrected chi connectivity index (χ1v) is 6.45. The first-order valence-electron chi connectivity index (χ1n) is 6.45. The topological polar surface area (TPSA) is 44.0 Å². The second-order valence-corrected chi connectivity index (χ2v) is 4.75.